The van der Waals surface area contributed by atoms with Crippen LogP contribution in [0, 0.1) is 6.92 Å². The second-order valence-electron chi connectivity index (χ2n) is 6.68. The zero-order valence-corrected chi connectivity index (χ0v) is 16.0. The molecule has 1 aliphatic rings. The molecule has 7 heteroatoms. The first kappa shape index (κ1) is 17.9. The molecule has 6 nitrogen and oxygen atoms in total. The zero-order valence-electron chi connectivity index (χ0n) is 15.2. The number of morpholine rings is 1. The van der Waals surface area contributed by atoms with E-state index >= 15 is 0 Å². The van der Waals surface area contributed by atoms with Crippen LogP contribution in [-0.2, 0) is 16.1 Å². The molecule has 4 rings (SSSR count). The smallest absolute Gasteiger partial charge is 0.262 e. The molecule has 0 bridgehead atoms. The maximum Gasteiger partial charge on any atom is 0.262 e. The van der Waals surface area contributed by atoms with Gasteiger partial charge in [0.2, 0.25) is 5.91 Å². The lowest BCUT2D eigenvalue weighted by molar-refractivity contribution is -0.135. The van der Waals surface area contributed by atoms with Gasteiger partial charge in [0.15, 0.2) is 0 Å². The van der Waals surface area contributed by atoms with Crippen molar-refractivity contribution >= 4 is 27.5 Å². The van der Waals surface area contributed by atoms with E-state index in [0.29, 0.717) is 38.2 Å². The van der Waals surface area contributed by atoms with Crippen LogP contribution in [0.4, 0.5) is 0 Å². The van der Waals surface area contributed by atoms with Crippen LogP contribution in [0.3, 0.4) is 0 Å². The maximum atomic E-state index is 13.0. The number of rotatable bonds is 4. The van der Waals surface area contributed by atoms with E-state index in [1.165, 1.54) is 16.9 Å². The molecule has 0 aliphatic carbocycles. The van der Waals surface area contributed by atoms with Crippen molar-refractivity contribution in [2.45, 2.75) is 19.9 Å². The Labute approximate surface area is 161 Å². The van der Waals surface area contributed by atoms with E-state index in [1.54, 1.807) is 15.8 Å². The summed E-state index contributed by atoms with van der Waals surface area (Å²) >= 11 is 1.47. The van der Waals surface area contributed by atoms with E-state index < -0.39 is 0 Å². The van der Waals surface area contributed by atoms with Gasteiger partial charge in [-0.1, -0.05) is 29.8 Å². The number of hydrogen-bond donors (Lipinski definition) is 0. The summed E-state index contributed by atoms with van der Waals surface area (Å²) in [4.78, 5) is 32.3. The Hall–Kier alpha value is -2.51. The van der Waals surface area contributed by atoms with E-state index in [-0.39, 0.29) is 17.9 Å². The number of aryl methyl sites for hydroxylation is 2. The number of carbonyl (C=O) groups excluding carboxylic acids is 1. The number of nitrogens with zero attached hydrogens (tertiary/aromatic N) is 3. The molecule has 0 atom stereocenters. The van der Waals surface area contributed by atoms with Crippen molar-refractivity contribution in [2.24, 2.45) is 0 Å². The third-order valence-electron chi connectivity index (χ3n) is 4.85. The quantitative estimate of drug-likeness (QED) is 0.695. The van der Waals surface area contributed by atoms with E-state index in [2.05, 4.69) is 4.98 Å². The monoisotopic (exact) mass is 383 g/mol. The predicted octanol–water partition coefficient (Wildman–Crippen LogP) is 2.68. The minimum atomic E-state index is -0.0911. The summed E-state index contributed by atoms with van der Waals surface area (Å²) in [7, 11) is 0. The number of fused-ring (bicyclic) bond motifs is 1. The van der Waals surface area contributed by atoms with Gasteiger partial charge in [0.05, 0.1) is 24.9 Å². The van der Waals surface area contributed by atoms with Gasteiger partial charge in [-0.15, -0.1) is 11.3 Å². The topological polar surface area (TPSA) is 64.4 Å². The molecule has 1 aliphatic heterocycles. The van der Waals surface area contributed by atoms with Crippen LogP contribution in [-0.4, -0.2) is 46.7 Å². The summed E-state index contributed by atoms with van der Waals surface area (Å²) in [6.45, 7) is 4.76. The van der Waals surface area contributed by atoms with Gasteiger partial charge in [-0.05, 0) is 12.5 Å². The molecule has 2 aromatic heterocycles. The molecule has 1 aromatic carbocycles. The Morgan fingerprint density at radius 3 is 2.70 bits per heavy atom. The zero-order chi connectivity index (χ0) is 18.8. The summed E-state index contributed by atoms with van der Waals surface area (Å²) in [5.74, 6) is 0.0503. The average Bonchev–Trinajstić information content (AvgIpc) is 3.13. The normalized spacial score (nSPS) is 14.6. The molecule has 0 radical (unpaired) electrons. The van der Waals surface area contributed by atoms with Crippen molar-refractivity contribution in [3.63, 3.8) is 0 Å². The average molecular weight is 383 g/mol. The highest BCUT2D eigenvalue weighted by Gasteiger charge is 2.18. The second-order valence-corrected chi connectivity index (χ2v) is 7.54. The fraction of sp³-hybridized carbons (Fsp3) is 0.350. The highest BCUT2D eigenvalue weighted by molar-refractivity contribution is 7.17. The molecular weight excluding hydrogens is 362 g/mol. The second kappa shape index (κ2) is 7.62. The van der Waals surface area contributed by atoms with Gasteiger partial charge >= 0.3 is 0 Å². The van der Waals surface area contributed by atoms with Crippen molar-refractivity contribution in [3.8, 4) is 11.1 Å². The van der Waals surface area contributed by atoms with Crippen molar-refractivity contribution < 1.29 is 9.53 Å². The van der Waals surface area contributed by atoms with Crippen LogP contribution in [0.5, 0.6) is 0 Å². The van der Waals surface area contributed by atoms with Crippen molar-refractivity contribution in [1.82, 2.24) is 14.5 Å². The SMILES string of the molecule is Cc1ccc(-c2csc3ncn(CCC(=O)N4CCOCC4)c(=O)c23)cc1. The van der Waals surface area contributed by atoms with Crippen molar-refractivity contribution in [3.05, 3.63) is 51.9 Å². The Balaban J connectivity index is 1.60. The number of thiophene rings is 1. The van der Waals surface area contributed by atoms with E-state index in [9.17, 15) is 9.59 Å². The molecule has 3 aromatic rings. The number of amides is 1. The molecular formula is C20H21N3O3S. The van der Waals surface area contributed by atoms with Gasteiger partial charge in [0.25, 0.3) is 5.56 Å². The van der Waals surface area contributed by atoms with Crippen LogP contribution >= 0.6 is 11.3 Å². The van der Waals surface area contributed by atoms with Crippen LogP contribution in [0.25, 0.3) is 21.3 Å². The van der Waals surface area contributed by atoms with Gasteiger partial charge in [-0.3, -0.25) is 14.2 Å². The molecule has 1 amide bonds. The van der Waals surface area contributed by atoms with Crippen LogP contribution in [0.1, 0.15) is 12.0 Å². The largest absolute Gasteiger partial charge is 0.378 e. The molecule has 3 heterocycles. The summed E-state index contributed by atoms with van der Waals surface area (Å²) in [6, 6.07) is 8.12. The lowest BCUT2D eigenvalue weighted by atomic mass is 10.1. The van der Waals surface area contributed by atoms with Gasteiger partial charge in [0, 0.05) is 37.0 Å². The molecule has 0 spiro atoms. The van der Waals surface area contributed by atoms with Crippen LogP contribution < -0.4 is 5.56 Å². The highest BCUT2D eigenvalue weighted by atomic mass is 32.1. The Kier molecular flexibility index (Phi) is 5.05. The lowest BCUT2D eigenvalue weighted by Crippen LogP contribution is -2.41. The first-order valence-electron chi connectivity index (χ1n) is 9.02. The molecule has 1 fully saturated rings. The molecule has 1 saturated heterocycles. The summed E-state index contributed by atoms with van der Waals surface area (Å²) < 4.78 is 6.82. The summed E-state index contributed by atoms with van der Waals surface area (Å²) in [5, 5.41) is 2.61. The molecule has 27 heavy (non-hydrogen) atoms. The Morgan fingerprint density at radius 2 is 1.96 bits per heavy atom. The first-order valence-corrected chi connectivity index (χ1v) is 9.90. The van der Waals surface area contributed by atoms with E-state index in [1.807, 2.05) is 36.6 Å². The Bertz CT molecular complexity index is 1020. The molecule has 0 saturated carbocycles. The number of ether oxygens (including phenoxy) is 1. The van der Waals surface area contributed by atoms with Gasteiger partial charge < -0.3 is 9.64 Å². The van der Waals surface area contributed by atoms with Gasteiger partial charge in [-0.2, -0.15) is 0 Å². The van der Waals surface area contributed by atoms with E-state index in [4.69, 9.17) is 4.74 Å². The molecule has 140 valence electrons. The number of benzene rings is 1. The minimum Gasteiger partial charge on any atom is -0.378 e. The highest BCUT2D eigenvalue weighted by Crippen LogP contribution is 2.30. The van der Waals surface area contributed by atoms with Crippen molar-refractivity contribution in [2.75, 3.05) is 26.3 Å². The fourth-order valence-corrected chi connectivity index (χ4v) is 4.17. The Morgan fingerprint density at radius 1 is 1.22 bits per heavy atom. The third kappa shape index (κ3) is 3.65. The third-order valence-corrected chi connectivity index (χ3v) is 5.74. The maximum absolute atomic E-state index is 13.0. The fourth-order valence-electron chi connectivity index (χ4n) is 3.26. The van der Waals surface area contributed by atoms with E-state index in [0.717, 1.165) is 16.0 Å². The predicted molar refractivity (Wildman–Crippen MR) is 106 cm³/mol. The standard InChI is InChI=1S/C20H21N3O3S/c1-14-2-4-15(5-3-14)16-12-27-19-18(16)20(25)23(13-21-19)7-6-17(24)22-8-10-26-11-9-22/h2-5,12-13H,6-11H2,1H3. The number of hydrogen-bond acceptors (Lipinski definition) is 5. The number of carbonyl (C=O) groups is 1. The first-order chi connectivity index (χ1) is 13.1. The lowest BCUT2D eigenvalue weighted by Gasteiger charge is -2.26. The van der Waals surface area contributed by atoms with Crippen molar-refractivity contribution in [1.29, 1.82) is 0 Å². The molecule has 0 unspecified atom stereocenters. The summed E-state index contributed by atoms with van der Waals surface area (Å²) in [5.41, 5.74) is 3.00. The van der Waals surface area contributed by atoms with Crippen LogP contribution in [0.2, 0.25) is 0 Å². The van der Waals surface area contributed by atoms with Crippen LogP contribution in [0.15, 0.2) is 40.8 Å². The number of aromatic nitrogens is 2. The van der Waals surface area contributed by atoms with Gasteiger partial charge in [-0.25, -0.2) is 4.98 Å². The summed E-state index contributed by atoms with van der Waals surface area (Å²) in [6.07, 6.45) is 1.84. The molecule has 0 N–H and O–H groups in total. The minimum absolute atomic E-state index is 0.0503. The van der Waals surface area contributed by atoms with Gasteiger partial charge in [0.1, 0.15) is 4.83 Å².